The number of aliphatic hydroxyl groups is 1. The highest BCUT2D eigenvalue weighted by atomic mass is 19.4. The molecule has 0 saturated carbocycles. The fourth-order valence-corrected chi connectivity index (χ4v) is 2.01. The molecule has 0 aromatic heterocycles. The molecule has 1 saturated heterocycles. The fraction of sp³-hybridized carbons (Fsp3) is 0.800. The summed E-state index contributed by atoms with van der Waals surface area (Å²) in [5.74, 6) is -1.23. The number of amides is 2. The average Bonchev–Trinajstić information content (AvgIpc) is 2.74. The molecule has 1 aliphatic rings. The van der Waals surface area contributed by atoms with Crippen LogP contribution in [0.1, 0.15) is 12.8 Å². The number of carbonyl (C=O) groups is 2. The Labute approximate surface area is 107 Å². The van der Waals surface area contributed by atoms with E-state index in [0.717, 1.165) is 4.90 Å². The van der Waals surface area contributed by atoms with E-state index in [-0.39, 0.29) is 13.0 Å². The lowest BCUT2D eigenvalue weighted by atomic mass is 10.2. The molecule has 1 heterocycles. The zero-order valence-corrected chi connectivity index (χ0v) is 10.1. The largest absolute Gasteiger partial charge is 0.480 e. The molecule has 0 radical (unpaired) electrons. The number of aliphatic carboxylic acids is 1. The van der Waals surface area contributed by atoms with Crippen LogP contribution in [0.5, 0.6) is 0 Å². The summed E-state index contributed by atoms with van der Waals surface area (Å²) in [7, 11) is 0. The van der Waals surface area contributed by atoms with Crippen molar-refractivity contribution in [1.29, 1.82) is 0 Å². The molecular formula is C10H15F3N2O4. The first-order valence-corrected chi connectivity index (χ1v) is 5.72. The van der Waals surface area contributed by atoms with E-state index in [4.69, 9.17) is 10.2 Å². The van der Waals surface area contributed by atoms with Crippen LogP contribution in [-0.4, -0.2) is 70.5 Å². The van der Waals surface area contributed by atoms with Gasteiger partial charge in [-0.15, -0.1) is 0 Å². The smallest absolute Gasteiger partial charge is 0.406 e. The lowest BCUT2D eigenvalue weighted by molar-refractivity contribution is -0.144. The van der Waals surface area contributed by atoms with Gasteiger partial charge in [-0.3, -0.25) is 0 Å². The topological polar surface area (TPSA) is 81.1 Å². The van der Waals surface area contributed by atoms with E-state index in [9.17, 15) is 22.8 Å². The number of alkyl halides is 3. The van der Waals surface area contributed by atoms with Gasteiger partial charge in [0.2, 0.25) is 0 Å². The summed E-state index contributed by atoms with van der Waals surface area (Å²) < 4.78 is 37.0. The molecule has 1 aliphatic heterocycles. The maximum absolute atomic E-state index is 12.3. The molecule has 6 nitrogen and oxygen atoms in total. The molecule has 9 heteroatoms. The number of carboxylic acid groups (broad SMARTS) is 1. The molecule has 1 atom stereocenters. The first-order chi connectivity index (χ1) is 8.76. The van der Waals surface area contributed by atoms with Crippen molar-refractivity contribution >= 4 is 12.0 Å². The molecule has 0 spiro atoms. The van der Waals surface area contributed by atoms with Gasteiger partial charge in [-0.1, -0.05) is 0 Å². The minimum absolute atomic E-state index is 0.107. The molecule has 0 aromatic carbocycles. The second-order valence-corrected chi connectivity index (χ2v) is 4.23. The zero-order valence-electron chi connectivity index (χ0n) is 10.1. The van der Waals surface area contributed by atoms with E-state index >= 15 is 0 Å². The molecule has 110 valence electrons. The highest BCUT2D eigenvalue weighted by Gasteiger charge is 2.39. The van der Waals surface area contributed by atoms with Gasteiger partial charge in [0, 0.05) is 13.1 Å². The Hall–Kier alpha value is -1.51. The van der Waals surface area contributed by atoms with Crippen molar-refractivity contribution in [2.24, 2.45) is 0 Å². The van der Waals surface area contributed by atoms with Crippen molar-refractivity contribution in [3.05, 3.63) is 0 Å². The number of urea groups is 1. The summed E-state index contributed by atoms with van der Waals surface area (Å²) in [5, 5.41) is 17.6. The molecule has 1 unspecified atom stereocenters. The molecule has 1 fully saturated rings. The van der Waals surface area contributed by atoms with Crippen LogP contribution in [0.25, 0.3) is 0 Å². The summed E-state index contributed by atoms with van der Waals surface area (Å²) >= 11 is 0. The van der Waals surface area contributed by atoms with E-state index in [0.29, 0.717) is 11.3 Å². The van der Waals surface area contributed by atoms with Crippen molar-refractivity contribution in [1.82, 2.24) is 9.80 Å². The predicted octanol–water partition coefficient (Wildman–Crippen LogP) is 0.512. The monoisotopic (exact) mass is 284 g/mol. The third kappa shape index (κ3) is 4.27. The number of nitrogens with zero attached hydrogens (tertiary/aromatic N) is 2. The number of aliphatic hydroxyl groups excluding tert-OH is 1. The summed E-state index contributed by atoms with van der Waals surface area (Å²) in [6.07, 6.45) is -3.94. The highest BCUT2D eigenvalue weighted by Crippen LogP contribution is 2.22. The molecule has 19 heavy (non-hydrogen) atoms. The van der Waals surface area contributed by atoms with Crippen molar-refractivity contribution in [3.8, 4) is 0 Å². The Morgan fingerprint density at radius 1 is 1.37 bits per heavy atom. The van der Waals surface area contributed by atoms with Crippen LogP contribution in [-0.2, 0) is 4.79 Å². The van der Waals surface area contributed by atoms with Crippen molar-refractivity contribution in [3.63, 3.8) is 0 Å². The standard InChI is InChI=1S/C10H15F3N2O4/c11-10(12,13)6-14(4-5-16)9(19)15-3-1-2-7(15)8(17)18/h7,16H,1-6H2,(H,17,18). The Morgan fingerprint density at radius 3 is 2.47 bits per heavy atom. The fourth-order valence-electron chi connectivity index (χ4n) is 2.01. The highest BCUT2D eigenvalue weighted by molar-refractivity contribution is 5.83. The molecular weight excluding hydrogens is 269 g/mol. The average molecular weight is 284 g/mol. The number of hydrogen-bond donors (Lipinski definition) is 2. The Bertz CT molecular complexity index is 348. The van der Waals surface area contributed by atoms with E-state index in [2.05, 4.69) is 0 Å². The Morgan fingerprint density at radius 2 is 2.00 bits per heavy atom. The third-order valence-electron chi connectivity index (χ3n) is 2.79. The summed E-state index contributed by atoms with van der Waals surface area (Å²) in [6, 6.07) is -2.10. The number of rotatable bonds is 4. The van der Waals surface area contributed by atoms with Crippen LogP contribution in [0, 0.1) is 0 Å². The minimum Gasteiger partial charge on any atom is -0.480 e. The third-order valence-corrected chi connectivity index (χ3v) is 2.79. The van der Waals surface area contributed by atoms with Crippen molar-refractivity contribution in [2.45, 2.75) is 25.1 Å². The summed E-state index contributed by atoms with van der Waals surface area (Å²) in [4.78, 5) is 24.1. The molecule has 0 aliphatic carbocycles. The lowest BCUT2D eigenvalue weighted by Gasteiger charge is -2.30. The minimum atomic E-state index is -4.59. The summed E-state index contributed by atoms with van der Waals surface area (Å²) in [6.45, 7) is -2.50. The Balaban J connectivity index is 2.78. The van der Waals surface area contributed by atoms with Crippen LogP contribution >= 0.6 is 0 Å². The number of halogens is 3. The maximum atomic E-state index is 12.3. The number of likely N-dealkylation sites (tertiary alicyclic amines) is 1. The molecule has 1 rings (SSSR count). The normalized spacial score (nSPS) is 19.6. The van der Waals surface area contributed by atoms with Crippen LogP contribution in [0.3, 0.4) is 0 Å². The first-order valence-electron chi connectivity index (χ1n) is 5.72. The van der Waals surface area contributed by atoms with Crippen LogP contribution < -0.4 is 0 Å². The van der Waals surface area contributed by atoms with Crippen LogP contribution in [0.2, 0.25) is 0 Å². The van der Waals surface area contributed by atoms with Gasteiger partial charge < -0.3 is 20.0 Å². The van der Waals surface area contributed by atoms with E-state index in [1.54, 1.807) is 0 Å². The van der Waals surface area contributed by atoms with E-state index in [1.165, 1.54) is 0 Å². The van der Waals surface area contributed by atoms with Crippen LogP contribution in [0.4, 0.5) is 18.0 Å². The Kier molecular flexibility index (Phi) is 4.98. The second-order valence-electron chi connectivity index (χ2n) is 4.23. The van der Waals surface area contributed by atoms with Gasteiger partial charge >= 0.3 is 18.2 Å². The zero-order chi connectivity index (χ0) is 14.6. The van der Waals surface area contributed by atoms with Crippen molar-refractivity contribution < 1.29 is 33.0 Å². The molecule has 2 amide bonds. The number of carbonyl (C=O) groups excluding carboxylic acids is 1. The second kappa shape index (κ2) is 6.09. The number of hydrogen-bond acceptors (Lipinski definition) is 3. The summed E-state index contributed by atoms with van der Waals surface area (Å²) in [5.41, 5.74) is 0. The van der Waals surface area contributed by atoms with E-state index < -0.39 is 43.9 Å². The van der Waals surface area contributed by atoms with Gasteiger partial charge in [-0.25, -0.2) is 9.59 Å². The van der Waals surface area contributed by atoms with Gasteiger partial charge in [0.15, 0.2) is 0 Å². The SMILES string of the molecule is O=C(O)C1CCCN1C(=O)N(CCO)CC(F)(F)F. The lowest BCUT2D eigenvalue weighted by Crippen LogP contribution is -2.51. The first kappa shape index (κ1) is 15.5. The van der Waals surface area contributed by atoms with Crippen molar-refractivity contribution in [2.75, 3.05) is 26.2 Å². The van der Waals surface area contributed by atoms with E-state index in [1.807, 2.05) is 0 Å². The quantitative estimate of drug-likeness (QED) is 0.788. The number of carboxylic acids is 1. The maximum Gasteiger partial charge on any atom is 0.406 e. The van der Waals surface area contributed by atoms with Gasteiger partial charge in [0.05, 0.1) is 6.61 Å². The predicted molar refractivity (Wildman–Crippen MR) is 57.5 cm³/mol. The molecule has 0 bridgehead atoms. The molecule has 2 N–H and O–H groups in total. The van der Waals surface area contributed by atoms with Gasteiger partial charge in [0.25, 0.3) is 0 Å². The van der Waals surface area contributed by atoms with Gasteiger partial charge in [-0.2, -0.15) is 13.2 Å². The van der Waals surface area contributed by atoms with Crippen LogP contribution in [0.15, 0.2) is 0 Å². The van der Waals surface area contributed by atoms with Gasteiger partial charge in [-0.05, 0) is 12.8 Å². The van der Waals surface area contributed by atoms with Gasteiger partial charge in [0.1, 0.15) is 12.6 Å². The molecule has 0 aromatic rings.